The first kappa shape index (κ1) is 22.6. The van der Waals surface area contributed by atoms with Crippen LogP contribution in [0.2, 0.25) is 5.02 Å². The summed E-state index contributed by atoms with van der Waals surface area (Å²) in [6.07, 6.45) is 0.842. The SMILES string of the molecule is C=C(c1cc(Cl)c(C(C)(C)C)cc1OC)N(CCC)C(=O)N1CCN(C)CC1. The molecule has 5 nitrogen and oxygen atoms in total. The Morgan fingerprint density at radius 1 is 1.25 bits per heavy atom. The average Bonchev–Trinajstić information content (AvgIpc) is 2.64. The van der Waals surface area contributed by atoms with E-state index in [0.29, 0.717) is 23.0 Å². The number of carbonyl (C=O) groups excluding carboxylic acids is 1. The number of likely N-dealkylation sites (N-methyl/N-ethyl adjacent to an activating group) is 1. The molecule has 1 aromatic rings. The van der Waals surface area contributed by atoms with Crippen molar-refractivity contribution in [2.24, 2.45) is 0 Å². The molecule has 0 atom stereocenters. The van der Waals surface area contributed by atoms with Crippen molar-refractivity contribution in [1.29, 1.82) is 0 Å². The zero-order valence-corrected chi connectivity index (χ0v) is 18.9. The number of nitrogens with zero attached hydrogens (tertiary/aromatic N) is 3. The first-order valence-electron chi connectivity index (χ1n) is 9.92. The minimum Gasteiger partial charge on any atom is -0.496 e. The van der Waals surface area contributed by atoms with Crippen molar-refractivity contribution in [3.63, 3.8) is 0 Å². The van der Waals surface area contributed by atoms with E-state index < -0.39 is 0 Å². The Hall–Kier alpha value is -1.72. The number of halogens is 1. The summed E-state index contributed by atoms with van der Waals surface area (Å²) in [7, 11) is 3.72. The number of benzene rings is 1. The fraction of sp³-hybridized carbons (Fsp3) is 0.591. The van der Waals surface area contributed by atoms with Gasteiger partial charge in [-0.05, 0) is 36.6 Å². The van der Waals surface area contributed by atoms with Crippen LogP contribution in [0.25, 0.3) is 5.70 Å². The van der Waals surface area contributed by atoms with Gasteiger partial charge < -0.3 is 14.5 Å². The van der Waals surface area contributed by atoms with E-state index in [0.717, 1.165) is 43.7 Å². The van der Waals surface area contributed by atoms with Crippen LogP contribution < -0.4 is 4.74 Å². The summed E-state index contributed by atoms with van der Waals surface area (Å²) in [6.45, 7) is 16.5. The first-order chi connectivity index (χ1) is 13.1. The molecule has 2 amide bonds. The van der Waals surface area contributed by atoms with Crippen LogP contribution in [-0.4, -0.2) is 67.6 Å². The van der Waals surface area contributed by atoms with Crippen LogP contribution in [0.3, 0.4) is 0 Å². The number of piperazine rings is 1. The summed E-state index contributed by atoms with van der Waals surface area (Å²) in [5, 5.41) is 0.660. The minimum atomic E-state index is -0.108. The van der Waals surface area contributed by atoms with Crippen molar-refractivity contribution in [2.45, 2.75) is 39.5 Å². The Balaban J connectivity index is 2.37. The van der Waals surface area contributed by atoms with Crippen LogP contribution in [-0.2, 0) is 5.41 Å². The maximum absolute atomic E-state index is 13.2. The molecule has 0 N–H and O–H groups in total. The molecular formula is C22H34ClN3O2. The van der Waals surface area contributed by atoms with Crippen LogP contribution in [0.1, 0.15) is 45.2 Å². The van der Waals surface area contributed by atoms with Gasteiger partial charge in [0.1, 0.15) is 5.75 Å². The molecule has 0 bridgehead atoms. The molecule has 0 spiro atoms. The number of carbonyl (C=O) groups is 1. The monoisotopic (exact) mass is 407 g/mol. The number of hydrogen-bond donors (Lipinski definition) is 0. The molecule has 1 aromatic carbocycles. The molecule has 156 valence electrons. The van der Waals surface area contributed by atoms with Gasteiger partial charge in [-0.1, -0.05) is 45.9 Å². The van der Waals surface area contributed by atoms with E-state index in [1.165, 1.54) is 0 Å². The van der Waals surface area contributed by atoms with Gasteiger partial charge in [0.15, 0.2) is 0 Å². The zero-order valence-electron chi connectivity index (χ0n) is 18.1. The lowest BCUT2D eigenvalue weighted by Gasteiger charge is -2.37. The lowest BCUT2D eigenvalue weighted by atomic mass is 9.86. The van der Waals surface area contributed by atoms with E-state index in [-0.39, 0.29) is 11.4 Å². The summed E-state index contributed by atoms with van der Waals surface area (Å²) in [5.41, 5.74) is 2.29. The van der Waals surface area contributed by atoms with Crippen molar-refractivity contribution < 1.29 is 9.53 Å². The molecule has 1 saturated heterocycles. The lowest BCUT2D eigenvalue weighted by Crippen LogP contribution is -2.51. The maximum Gasteiger partial charge on any atom is 0.324 e. The van der Waals surface area contributed by atoms with Gasteiger partial charge in [-0.25, -0.2) is 4.79 Å². The highest BCUT2D eigenvalue weighted by molar-refractivity contribution is 6.31. The normalized spacial score (nSPS) is 15.5. The summed E-state index contributed by atoms with van der Waals surface area (Å²) in [6, 6.07) is 3.84. The van der Waals surface area contributed by atoms with Crippen molar-refractivity contribution in [3.05, 3.63) is 34.9 Å². The Morgan fingerprint density at radius 2 is 1.86 bits per heavy atom. The van der Waals surface area contributed by atoms with E-state index in [4.69, 9.17) is 16.3 Å². The molecule has 0 unspecified atom stereocenters. The topological polar surface area (TPSA) is 36.0 Å². The summed E-state index contributed by atoms with van der Waals surface area (Å²) in [5.74, 6) is 0.687. The molecule has 1 heterocycles. The Kier molecular flexibility index (Phi) is 7.40. The predicted molar refractivity (Wildman–Crippen MR) is 117 cm³/mol. The molecule has 0 radical (unpaired) electrons. The standard InChI is InChI=1S/C22H34ClN3O2/c1-8-9-26(21(27)25-12-10-24(6)11-13-25)16(2)17-14-19(23)18(22(3,4)5)15-20(17)28-7/h14-15H,2,8-13H2,1,3-7H3. The third-order valence-electron chi connectivity index (χ3n) is 5.19. The van der Waals surface area contributed by atoms with E-state index in [9.17, 15) is 4.79 Å². The summed E-state index contributed by atoms with van der Waals surface area (Å²) >= 11 is 6.60. The second-order valence-electron chi connectivity index (χ2n) is 8.45. The largest absolute Gasteiger partial charge is 0.496 e. The van der Waals surface area contributed by atoms with Gasteiger partial charge in [0.25, 0.3) is 0 Å². The summed E-state index contributed by atoms with van der Waals surface area (Å²) in [4.78, 5) is 19.1. The number of methoxy groups -OCH3 is 1. The molecule has 28 heavy (non-hydrogen) atoms. The smallest absolute Gasteiger partial charge is 0.324 e. The minimum absolute atomic E-state index is 0.00183. The van der Waals surface area contributed by atoms with Crippen molar-refractivity contribution in [2.75, 3.05) is 46.9 Å². The summed E-state index contributed by atoms with van der Waals surface area (Å²) < 4.78 is 5.65. The quantitative estimate of drug-likeness (QED) is 0.709. The molecule has 6 heteroatoms. The average molecular weight is 408 g/mol. The molecule has 0 saturated carbocycles. The van der Waals surface area contributed by atoms with E-state index in [2.05, 4.69) is 46.2 Å². The molecule has 1 fully saturated rings. The highest BCUT2D eigenvalue weighted by atomic mass is 35.5. The Bertz CT molecular complexity index is 719. The third kappa shape index (κ3) is 5.00. The van der Waals surface area contributed by atoms with E-state index in [1.54, 1.807) is 12.0 Å². The van der Waals surface area contributed by atoms with Gasteiger partial charge in [-0.2, -0.15) is 0 Å². The lowest BCUT2D eigenvalue weighted by molar-refractivity contribution is 0.136. The predicted octanol–water partition coefficient (Wildman–Crippen LogP) is 4.70. The van der Waals surface area contributed by atoms with Crippen molar-refractivity contribution in [3.8, 4) is 5.75 Å². The van der Waals surface area contributed by atoms with Gasteiger partial charge in [0.05, 0.1) is 7.11 Å². The maximum atomic E-state index is 13.2. The molecule has 1 aliphatic heterocycles. The van der Waals surface area contributed by atoms with E-state index >= 15 is 0 Å². The van der Waals surface area contributed by atoms with Crippen LogP contribution in [0.15, 0.2) is 18.7 Å². The van der Waals surface area contributed by atoms with Crippen LogP contribution in [0.5, 0.6) is 5.75 Å². The van der Waals surface area contributed by atoms with Gasteiger partial charge in [0.2, 0.25) is 0 Å². The fourth-order valence-corrected chi connectivity index (χ4v) is 3.85. The van der Waals surface area contributed by atoms with Crippen LogP contribution in [0, 0.1) is 0 Å². The first-order valence-corrected chi connectivity index (χ1v) is 10.3. The van der Waals surface area contributed by atoms with E-state index in [1.807, 2.05) is 17.0 Å². The van der Waals surface area contributed by atoms with Gasteiger partial charge >= 0.3 is 6.03 Å². The van der Waals surface area contributed by atoms with Gasteiger partial charge in [0, 0.05) is 49.0 Å². The molecule has 1 aliphatic rings. The van der Waals surface area contributed by atoms with Crippen molar-refractivity contribution >= 4 is 23.3 Å². The highest BCUT2D eigenvalue weighted by Crippen LogP contribution is 2.38. The fourth-order valence-electron chi connectivity index (χ4n) is 3.41. The molecule has 2 rings (SSSR count). The van der Waals surface area contributed by atoms with Crippen molar-refractivity contribution in [1.82, 2.24) is 14.7 Å². The molecule has 0 aliphatic carbocycles. The number of urea groups is 1. The van der Waals surface area contributed by atoms with Gasteiger partial charge in [-0.15, -0.1) is 0 Å². The second-order valence-corrected chi connectivity index (χ2v) is 8.86. The van der Waals surface area contributed by atoms with Gasteiger partial charge in [-0.3, -0.25) is 4.90 Å². The number of ether oxygens (including phenoxy) is 1. The number of hydrogen-bond acceptors (Lipinski definition) is 3. The Labute approximate surface area is 174 Å². The Morgan fingerprint density at radius 3 is 2.36 bits per heavy atom. The number of rotatable bonds is 5. The number of amides is 2. The highest BCUT2D eigenvalue weighted by Gasteiger charge is 2.28. The molecule has 0 aromatic heterocycles. The second kappa shape index (κ2) is 9.19. The zero-order chi connectivity index (χ0) is 21.1. The third-order valence-corrected chi connectivity index (χ3v) is 5.50. The van der Waals surface area contributed by atoms with Crippen LogP contribution >= 0.6 is 11.6 Å². The molecular weight excluding hydrogens is 374 g/mol. The van der Waals surface area contributed by atoms with Crippen LogP contribution in [0.4, 0.5) is 4.79 Å².